The van der Waals surface area contributed by atoms with Crippen LogP contribution in [0.4, 0.5) is 0 Å². The Morgan fingerprint density at radius 1 is 1.23 bits per heavy atom. The molecule has 2 nitrogen and oxygen atoms in total. The summed E-state index contributed by atoms with van der Waals surface area (Å²) in [5, 5.41) is 0. The maximum Gasteiger partial charge on any atom is 0.136 e. The Morgan fingerprint density at radius 2 is 2.00 bits per heavy atom. The van der Waals surface area contributed by atoms with Crippen molar-refractivity contribution < 1.29 is 9.47 Å². The maximum absolute atomic E-state index is 6.38. The zero-order chi connectivity index (χ0) is 15.5. The third-order valence-electron chi connectivity index (χ3n) is 4.29. The van der Waals surface area contributed by atoms with E-state index in [2.05, 4.69) is 59.3 Å². The predicted molar refractivity (Wildman–Crippen MR) is 92.6 cm³/mol. The summed E-state index contributed by atoms with van der Waals surface area (Å²) < 4.78 is 12.8. The van der Waals surface area contributed by atoms with Crippen molar-refractivity contribution in [1.82, 2.24) is 0 Å². The van der Waals surface area contributed by atoms with Gasteiger partial charge in [-0.1, -0.05) is 43.7 Å². The van der Waals surface area contributed by atoms with Crippen LogP contribution < -0.4 is 9.47 Å². The van der Waals surface area contributed by atoms with Gasteiger partial charge in [0.2, 0.25) is 0 Å². The summed E-state index contributed by atoms with van der Waals surface area (Å²) in [6.07, 6.45) is 3.51. The topological polar surface area (TPSA) is 18.5 Å². The van der Waals surface area contributed by atoms with E-state index in [0.29, 0.717) is 5.92 Å². The molecule has 3 rings (SSSR count). The van der Waals surface area contributed by atoms with Crippen molar-refractivity contribution in [3.8, 4) is 11.5 Å². The highest BCUT2D eigenvalue weighted by atomic mass is 79.9. The minimum absolute atomic E-state index is 0.125. The largest absolute Gasteiger partial charge is 0.495 e. The second-order valence-electron chi connectivity index (χ2n) is 5.80. The second-order valence-corrected chi connectivity index (χ2v) is 6.65. The highest BCUT2D eigenvalue weighted by Crippen LogP contribution is 2.44. The lowest BCUT2D eigenvalue weighted by molar-refractivity contribution is 0.107. The summed E-state index contributed by atoms with van der Waals surface area (Å²) in [5.74, 6) is 2.28. The number of halogens is 1. The van der Waals surface area contributed by atoms with Crippen LogP contribution in [0.5, 0.6) is 11.5 Å². The predicted octanol–water partition coefficient (Wildman–Crippen LogP) is 5.55. The lowest BCUT2D eigenvalue weighted by Gasteiger charge is -2.34. The van der Waals surface area contributed by atoms with Crippen molar-refractivity contribution in [2.45, 2.75) is 32.3 Å². The normalized spacial score (nSPS) is 20.1. The molecule has 0 spiro atoms. The fraction of sp³-hybridized carbons (Fsp3) is 0.368. The number of ether oxygens (including phenoxy) is 2. The van der Waals surface area contributed by atoms with Crippen LogP contribution in [-0.4, -0.2) is 7.11 Å². The molecule has 2 aromatic rings. The van der Waals surface area contributed by atoms with E-state index in [1.165, 1.54) is 24.0 Å². The smallest absolute Gasteiger partial charge is 0.136 e. The maximum atomic E-state index is 6.38. The molecule has 0 fully saturated rings. The molecular weight excluding hydrogens is 340 g/mol. The van der Waals surface area contributed by atoms with E-state index in [9.17, 15) is 0 Å². The first-order valence-electron chi connectivity index (χ1n) is 7.81. The van der Waals surface area contributed by atoms with Gasteiger partial charge in [-0.3, -0.25) is 0 Å². The van der Waals surface area contributed by atoms with Crippen LogP contribution in [0.1, 0.15) is 37.0 Å². The summed E-state index contributed by atoms with van der Waals surface area (Å²) in [5.41, 5.74) is 2.52. The van der Waals surface area contributed by atoms with Crippen LogP contribution in [0.2, 0.25) is 0 Å². The minimum atomic E-state index is 0.125. The van der Waals surface area contributed by atoms with Gasteiger partial charge in [0, 0.05) is 12.0 Å². The monoisotopic (exact) mass is 360 g/mol. The molecular formula is C19H21BrO2. The molecule has 1 aliphatic rings. The van der Waals surface area contributed by atoms with Crippen LogP contribution in [0.3, 0.4) is 0 Å². The first kappa shape index (κ1) is 15.4. The molecule has 0 bridgehead atoms. The first-order valence-corrected chi connectivity index (χ1v) is 8.60. The van der Waals surface area contributed by atoms with Crippen molar-refractivity contribution in [2.75, 3.05) is 7.11 Å². The van der Waals surface area contributed by atoms with Gasteiger partial charge < -0.3 is 9.47 Å². The third-order valence-corrected chi connectivity index (χ3v) is 4.91. The van der Waals surface area contributed by atoms with Crippen LogP contribution in [-0.2, 0) is 6.42 Å². The van der Waals surface area contributed by atoms with E-state index in [-0.39, 0.29) is 6.10 Å². The fourth-order valence-corrected chi connectivity index (χ4v) is 3.78. The Balaban J connectivity index is 1.98. The van der Waals surface area contributed by atoms with Crippen LogP contribution in [0, 0.1) is 5.92 Å². The van der Waals surface area contributed by atoms with Gasteiger partial charge in [0.1, 0.15) is 17.6 Å². The number of fused-ring (bicyclic) bond motifs is 1. The second kappa shape index (κ2) is 6.74. The lowest BCUT2D eigenvalue weighted by atomic mass is 9.84. The summed E-state index contributed by atoms with van der Waals surface area (Å²) in [4.78, 5) is 0. The van der Waals surface area contributed by atoms with Crippen molar-refractivity contribution in [1.29, 1.82) is 0 Å². The Labute approximate surface area is 140 Å². The molecule has 3 heteroatoms. The molecule has 0 amide bonds. The molecule has 0 N–H and O–H groups in total. The Hall–Kier alpha value is -1.48. The minimum Gasteiger partial charge on any atom is -0.495 e. The average Bonchev–Trinajstić information content (AvgIpc) is 2.55. The summed E-state index contributed by atoms with van der Waals surface area (Å²) in [6.45, 7) is 2.24. The van der Waals surface area contributed by atoms with Gasteiger partial charge in [0.05, 0.1) is 11.6 Å². The van der Waals surface area contributed by atoms with E-state index in [1.54, 1.807) is 7.11 Å². The molecule has 1 aliphatic heterocycles. The first-order chi connectivity index (χ1) is 10.7. The van der Waals surface area contributed by atoms with E-state index in [0.717, 1.165) is 22.4 Å². The molecule has 0 saturated heterocycles. The lowest BCUT2D eigenvalue weighted by Crippen LogP contribution is -2.26. The standard InChI is InChI=1S/C19H21BrO2/c1-3-7-14-10-15-11-16(20)18(21-2)12-17(15)22-19(14)13-8-5-4-6-9-13/h4-6,8-9,11-12,14,19H,3,7,10H2,1-2H3/t14-,19+/m0/s1. The molecule has 0 unspecified atom stereocenters. The number of hydrogen-bond donors (Lipinski definition) is 0. The SMILES string of the molecule is CCC[C@H]1Cc2cc(Br)c(OC)cc2O[C@@H]1c1ccccc1. The number of hydrogen-bond acceptors (Lipinski definition) is 2. The number of methoxy groups -OCH3 is 1. The van der Waals surface area contributed by atoms with Crippen molar-refractivity contribution in [2.24, 2.45) is 5.92 Å². The van der Waals surface area contributed by atoms with E-state index in [4.69, 9.17) is 9.47 Å². The highest BCUT2D eigenvalue weighted by molar-refractivity contribution is 9.10. The molecule has 0 aliphatic carbocycles. The summed E-state index contributed by atoms with van der Waals surface area (Å²) >= 11 is 3.57. The van der Waals surface area contributed by atoms with Gasteiger partial charge in [-0.25, -0.2) is 0 Å². The summed E-state index contributed by atoms with van der Waals surface area (Å²) in [7, 11) is 1.68. The molecule has 0 saturated carbocycles. The van der Waals surface area contributed by atoms with Gasteiger partial charge in [0.25, 0.3) is 0 Å². The molecule has 2 atom stereocenters. The van der Waals surface area contributed by atoms with Crippen molar-refractivity contribution in [3.63, 3.8) is 0 Å². The van der Waals surface area contributed by atoms with Crippen LogP contribution in [0.15, 0.2) is 46.9 Å². The van der Waals surface area contributed by atoms with Crippen molar-refractivity contribution >= 4 is 15.9 Å². The number of benzene rings is 2. The molecule has 0 radical (unpaired) electrons. The Bertz CT molecular complexity index is 639. The van der Waals surface area contributed by atoms with Crippen LogP contribution in [0.25, 0.3) is 0 Å². The molecule has 116 valence electrons. The van der Waals surface area contributed by atoms with Crippen LogP contribution >= 0.6 is 15.9 Å². The Kier molecular flexibility index (Phi) is 4.72. The summed E-state index contributed by atoms with van der Waals surface area (Å²) in [6, 6.07) is 14.7. The zero-order valence-electron chi connectivity index (χ0n) is 13.0. The molecule has 0 aromatic heterocycles. The van der Waals surface area contributed by atoms with Gasteiger partial charge >= 0.3 is 0 Å². The number of rotatable bonds is 4. The van der Waals surface area contributed by atoms with E-state index >= 15 is 0 Å². The third kappa shape index (κ3) is 3.00. The quantitative estimate of drug-likeness (QED) is 0.711. The molecule has 2 aromatic carbocycles. The average molecular weight is 361 g/mol. The van der Waals surface area contributed by atoms with Gasteiger partial charge in [0.15, 0.2) is 0 Å². The van der Waals surface area contributed by atoms with E-state index in [1.807, 2.05) is 6.07 Å². The Morgan fingerprint density at radius 3 is 2.68 bits per heavy atom. The van der Waals surface area contributed by atoms with Gasteiger partial charge in [-0.15, -0.1) is 0 Å². The van der Waals surface area contributed by atoms with Crippen molar-refractivity contribution in [3.05, 3.63) is 58.1 Å². The van der Waals surface area contributed by atoms with Gasteiger partial charge in [-0.2, -0.15) is 0 Å². The molecule has 1 heterocycles. The highest BCUT2D eigenvalue weighted by Gasteiger charge is 2.31. The molecule has 22 heavy (non-hydrogen) atoms. The fourth-order valence-electron chi connectivity index (χ4n) is 3.23. The van der Waals surface area contributed by atoms with E-state index < -0.39 is 0 Å². The van der Waals surface area contributed by atoms with Gasteiger partial charge in [-0.05, 0) is 46.0 Å². The zero-order valence-corrected chi connectivity index (χ0v) is 14.6.